The number of hydrogen-bond donors (Lipinski definition) is 0. The van der Waals surface area contributed by atoms with Gasteiger partial charge in [-0.1, -0.05) is 27.7 Å². The second-order valence-electron chi connectivity index (χ2n) is 8.38. The van der Waals surface area contributed by atoms with Crippen molar-refractivity contribution in [2.24, 2.45) is 10.8 Å². The Morgan fingerprint density at radius 1 is 1.05 bits per heavy atom. The molecule has 3 heteroatoms. The van der Waals surface area contributed by atoms with Crippen LogP contribution in [0.3, 0.4) is 0 Å². The second kappa shape index (κ2) is 4.31. The van der Waals surface area contributed by atoms with Gasteiger partial charge in [0.1, 0.15) is 17.2 Å². The molecule has 0 atom stereocenters. The van der Waals surface area contributed by atoms with Crippen molar-refractivity contribution in [2.75, 3.05) is 0 Å². The van der Waals surface area contributed by atoms with Crippen LogP contribution >= 0.6 is 0 Å². The number of carbonyl (C=O) groups excluding carboxylic acids is 1. The zero-order valence-electron chi connectivity index (χ0n) is 13.3. The van der Waals surface area contributed by atoms with Crippen molar-refractivity contribution in [1.29, 1.82) is 0 Å². The molecule has 1 aliphatic heterocycles. The van der Waals surface area contributed by atoms with Crippen molar-refractivity contribution in [2.45, 2.75) is 59.0 Å². The first-order valence-electron chi connectivity index (χ1n) is 7.62. The van der Waals surface area contributed by atoms with Crippen molar-refractivity contribution in [3.8, 4) is 5.75 Å². The van der Waals surface area contributed by atoms with E-state index in [0.717, 1.165) is 19.3 Å². The maximum absolute atomic E-state index is 13.3. The molecule has 0 N–H and O–H groups in total. The van der Waals surface area contributed by atoms with Crippen LogP contribution in [-0.4, -0.2) is 11.4 Å². The Kier molecular flexibility index (Phi) is 2.99. The van der Waals surface area contributed by atoms with Gasteiger partial charge in [0.2, 0.25) is 0 Å². The molecule has 114 valence electrons. The predicted octanol–water partition coefficient (Wildman–Crippen LogP) is 4.77. The zero-order chi connectivity index (χ0) is 15.5. The summed E-state index contributed by atoms with van der Waals surface area (Å²) in [7, 11) is 0. The standard InChI is InChI=1S/C18H23FO2/c1-16(2)9-17(3,4)11-18(10-16)8-14(20)13-7-12(19)5-6-15(13)21-18/h5-7H,8-11H2,1-4H3. The molecule has 0 amide bonds. The lowest BCUT2D eigenvalue weighted by Gasteiger charge is -2.52. The maximum atomic E-state index is 13.3. The van der Waals surface area contributed by atoms with E-state index in [1.165, 1.54) is 12.1 Å². The maximum Gasteiger partial charge on any atom is 0.170 e. The Balaban J connectivity index is 2.01. The molecular formula is C18H23FO2. The van der Waals surface area contributed by atoms with Gasteiger partial charge in [-0.3, -0.25) is 4.79 Å². The van der Waals surface area contributed by atoms with E-state index in [2.05, 4.69) is 27.7 Å². The van der Waals surface area contributed by atoms with E-state index in [0.29, 0.717) is 17.7 Å². The summed E-state index contributed by atoms with van der Waals surface area (Å²) in [5, 5.41) is 0. The molecule has 0 aromatic heterocycles. The van der Waals surface area contributed by atoms with Crippen molar-refractivity contribution < 1.29 is 13.9 Å². The molecule has 21 heavy (non-hydrogen) atoms. The summed E-state index contributed by atoms with van der Waals surface area (Å²) < 4.78 is 19.6. The van der Waals surface area contributed by atoms with E-state index in [9.17, 15) is 9.18 Å². The van der Waals surface area contributed by atoms with Crippen molar-refractivity contribution in [3.05, 3.63) is 29.6 Å². The molecule has 1 aromatic rings. The molecule has 1 aliphatic carbocycles. The third kappa shape index (κ3) is 2.70. The van der Waals surface area contributed by atoms with Crippen molar-refractivity contribution in [1.82, 2.24) is 0 Å². The Hall–Kier alpha value is -1.38. The largest absolute Gasteiger partial charge is 0.486 e. The van der Waals surface area contributed by atoms with E-state index in [1.807, 2.05) is 0 Å². The molecule has 0 radical (unpaired) electrons. The lowest BCUT2D eigenvalue weighted by molar-refractivity contribution is -0.0714. The van der Waals surface area contributed by atoms with E-state index >= 15 is 0 Å². The Labute approximate surface area is 125 Å². The van der Waals surface area contributed by atoms with Crippen LogP contribution < -0.4 is 4.74 Å². The molecule has 1 saturated carbocycles. The third-order valence-corrected chi connectivity index (χ3v) is 4.61. The minimum absolute atomic E-state index is 0.00394. The number of benzene rings is 1. The first-order valence-corrected chi connectivity index (χ1v) is 7.62. The van der Waals surface area contributed by atoms with Gasteiger partial charge in [0.05, 0.1) is 12.0 Å². The third-order valence-electron chi connectivity index (χ3n) is 4.61. The van der Waals surface area contributed by atoms with Crippen molar-refractivity contribution >= 4 is 5.78 Å². The van der Waals surface area contributed by atoms with Crippen LogP contribution in [0.25, 0.3) is 0 Å². The zero-order valence-corrected chi connectivity index (χ0v) is 13.3. The quantitative estimate of drug-likeness (QED) is 0.688. The minimum Gasteiger partial charge on any atom is -0.486 e. The van der Waals surface area contributed by atoms with E-state index in [1.54, 1.807) is 6.07 Å². The number of halogens is 1. The van der Waals surface area contributed by atoms with E-state index in [4.69, 9.17) is 4.74 Å². The predicted molar refractivity (Wildman–Crippen MR) is 80.1 cm³/mol. The molecule has 1 spiro atoms. The molecule has 1 aromatic carbocycles. The first-order chi connectivity index (χ1) is 9.60. The van der Waals surface area contributed by atoms with Gasteiger partial charge < -0.3 is 4.74 Å². The normalized spacial score (nSPS) is 25.3. The van der Waals surface area contributed by atoms with Gasteiger partial charge in [-0.2, -0.15) is 0 Å². The molecule has 0 unspecified atom stereocenters. The monoisotopic (exact) mass is 290 g/mol. The lowest BCUT2D eigenvalue weighted by Crippen LogP contribution is -2.52. The summed E-state index contributed by atoms with van der Waals surface area (Å²) in [5.41, 5.74) is 0.230. The number of carbonyl (C=O) groups is 1. The van der Waals surface area contributed by atoms with Gasteiger partial charge in [0.25, 0.3) is 0 Å². The van der Waals surface area contributed by atoms with Gasteiger partial charge in [0, 0.05) is 0 Å². The van der Waals surface area contributed by atoms with Crippen LogP contribution in [0.1, 0.15) is 63.7 Å². The number of hydrogen-bond acceptors (Lipinski definition) is 2. The summed E-state index contributed by atoms with van der Waals surface area (Å²) in [6.07, 6.45) is 3.21. The average Bonchev–Trinajstić information content (AvgIpc) is 2.25. The van der Waals surface area contributed by atoms with Gasteiger partial charge in [0.15, 0.2) is 5.78 Å². The topological polar surface area (TPSA) is 26.3 Å². The highest BCUT2D eigenvalue weighted by molar-refractivity contribution is 6.00. The van der Waals surface area contributed by atoms with Crippen LogP contribution in [0.5, 0.6) is 5.75 Å². The number of fused-ring (bicyclic) bond motifs is 1. The number of ether oxygens (including phenoxy) is 1. The fraction of sp³-hybridized carbons (Fsp3) is 0.611. The molecule has 1 fully saturated rings. The summed E-state index contributed by atoms with van der Waals surface area (Å²) in [5.74, 6) is 0.163. The summed E-state index contributed by atoms with van der Waals surface area (Å²) >= 11 is 0. The smallest absolute Gasteiger partial charge is 0.170 e. The highest BCUT2D eigenvalue weighted by Crippen LogP contribution is 2.54. The minimum atomic E-state index is -0.437. The van der Waals surface area contributed by atoms with Crippen molar-refractivity contribution in [3.63, 3.8) is 0 Å². The van der Waals surface area contributed by atoms with Gasteiger partial charge in [-0.05, 0) is 48.3 Å². The molecular weight excluding hydrogens is 267 g/mol. The number of Topliss-reactive ketones (excluding diaryl/α,β-unsaturated/α-hetero) is 1. The fourth-order valence-electron chi connectivity index (χ4n) is 4.89. The first kappa shape index (κ1) is 14.6. The Bertz CT molecular complexity index is 585. The summed E-state index contributed by atoms with van der Waals surface area (Å²) in [4.78, 5) is 12.5. The molecule has 0 bridgehead atoms. The van der Waals surface area contributed by atoms with Crippen LogP contribution in [0.15, 0.2) is 18.2 Å². The van der Waals surface area contributed by atoms with Crippen LogP contribution in [0.2, 0.25) is 0 Å². The van der Waals surface area contributed by atoms with E-state index in [-0.39, 0.29) is 22.4 Å². The van der Waals surface area contributed by atoms with Crippen LogP contribution in [-0.2, 0) is 0 Å². The van der Waals surface area contributed by atoms with Gasteiger partial charge >= 0.3 is 0 Å². The highest BCUT2D eigenvalue weighted by atomic mass is 19.1. The highest BCUT2D eigenvalue weighted by Gasteiger charge is 2.52. The number of ketones is 1. The van der Waals surface area contributed by atoms with E-state index < -0.39 is 5.60 Å². The van der Waals surface area contributed by atoms with Gasteiger partial charge in [-0.25, -0.2) is 4.39 Å². The lowest BCUT2D eigenvalue weighted by atomic mass is 9.58. The second-order valence-corrected chi connectivity index (χ2v) is 8.38. The Morgan fingerprint density at radius 2 is 1.67 bits per heavy atom. The SMILES string of the molecule is CC1(C)CC(C)(C)CC2(CC(=O)c3cc(F)ccc3O2)C1. The van der Waals surface area contributed by atoms with Gasteiger partial charge in [-0.15, -0.1) is 0 Å². The molecule has 2 nitrogen and oxygen atoms in total. The molecule has 0 saturated heterocycles. The fourth-order valence-corrected chi connectivity index (χ4v) is 4.89. The molecule has 1 heterocycles. The summed E-state index contributed by atoms with van der Waals surface area (Å²) in [6, 6.07) is 4.26. The summed E-state index contributed by atoms with van der Waals surface area (Å²) in [6.45, 7) is 8.96. The van der Waals surface area contributed by atoms with Crippen LogP contribution in [0, 0.1) is 16.6 Å². The molecule has 2 aliphatic rings. The number of rotatable bonds is 0. The molecule has 3 rings (SSSR count). The van der Waals surface area contributed by atoms with Crippen LogP contribution in [0.4, 0.5) is 4.39 Å². The average molecular weight is 290 g/mol. The Morgan fingerprint density at radius 3 is 2.29 bits per heavy atom.